The summed E-state index contributed by atoms with van der Waals surface area (Å²) in [7, 11) is 1.33. The zero-order chi connectivity index (χ0) is 14.4. The number of para-hydroxylation sites is 1. The zero-order valence-electron chi connectivity index (χ0n) is 11.7. The molecule has 0 aliphatic heterocycles. The van der Waals surface area contributed by atoms with Crippen LogP contribution in [0.2, 0.25) is 0 Å². The van der Waals surface area contributed by atoms with Crippen LogP contribution in [0.4, 0.5) is 0 Å². The summed E-state index contributed by atoms with van der Waals surface area (Å²) in [6, 6.07) is 16.4. The third-order valence-corrected chi connectivity index (χ3v) is 2.84. The van der Waals surface area contributed by atoms with E-state index >= 15 is 0 Å². The lowest BCUT2D eigenvalue weighted by atomic mass is 10.1. The number of ether oxygens (including phenoxy) is 2. The van der Waals surface area contributed by atoms with Crippen LogP contribution in [0.5, 0.6) is 11.5 Å². The van der Waals surface area contributed by atoms with E-state index in [0.717, 1.165) is 11.3 Å². The Kier molecular flexibility index (Phi) is 6.72. The Bertz CT molecular complexity index is 575. The van der Waals surface area contributed by atoms with Gasteiger partial charge < -0.3 is 15.2 Å². The van der Waals surface area contributed by atoms with Gasteiger partial charge in [0, 0.05) is 0 Å². The summed E-state index contributed by atoms with van der Waals surface area (Å²) in [6.45, 7) is 0. The van der Waals surface area contributed by atoms with Crippen LogP contribution in [-0.4, -0.2) is 19.1 Å². The summed E-state index contributed by atoms with van der Waals surface area (Å²) in [5.74, 6) is 1.06. The number of rotatable bonds is 5. The van der Waals surface area contributed by atoms with Crippen molar-refractivity contribution in [3.05, 3.63) is 60.2 Å². The van der Waals surface area contributed by atoms with E-state index in [1.54, 1.807) is 0 Å². The van der Waals surface area contributed by atoms with Gasteiger partial charge in [-0.15, -0.1) is 12.4 Å². The Morgan fingerprint density at radius 2 is 1.76 bits per heavy atom. The van der Waals surface area contributed by atoms with Crippen LogP contribution in [0.1, 0.15) is 5.56 Å². The van der Waals surface area contributed by atoms with Crippen LogP contribution in [-0.2, 0) is 16.0 Å². The lowest BCUT2D eigenvalue weighted by Gasteiger charge is -2.11. The van der Waals surface area contributed by atoms with E-state index in [0.29, 0.717) is 12.2 Å². The van der Waals surface area contributed by atoms with Gasteiger partial charge >= 0.3 is 5.97 Å². The van der Waals surface area contributed by atoms with E-state index in [9.17, 15) is 4.79 Å². The van der Waals surface area contributed by atoms with Crippen molar-refractivity contribution in [1.29, 1.82) is 0 Å². The molecule has 0 aliphatic carbocycles. The van der Waals surface area contributed by atoms with Gasteiger partial charge in [0.1, 0.15) is 17.5 Å². The molecule has 112 valence electrons. The smallest absolute Gasteiger partial charge is 0.322 e. The first-order valence-corrected chi connectivity index (χ1v) is 6.34. The van der Waals surface area contributed by atoms with Crippen LogP contribution >= 0.6 is 12.4 Å². The minimum absolute atomic E-state index is 0. The number of benzene rings is 2. The molecule has 2 aromatic carbocycles. The molecule has 0 spiro atoms. The van der Waals surface area contributed by atoms with E-state index < -0.39 is 12.0 Å². The van der Waals surface area contributed by atoms with Gasteiger partial charge in [-0.2, -0.15) is 0 Å². The second-order valence-electron chi connectivity index (χ2n) is 4.40. The fraction of sp³-hybridized carbons (Fsp3) is 0.188. The molecule has 0 aromatic heterocycles. The van der Waals surface area contributed by atoms with Gasteiger partial charge in [0.2, 0.25) is 0 Å². The molecule has 0 saturated carbocycles. The molecule has 5 heteroatoms. The lowest BCUT2D eigenvalue weighted by Crippen LogP contribution is -2.33. The molecular formula is C16H18ClNO3. The van der Waals surface area contributed by atoms with Crippen molar-refractivity contribution < 1.29 is 14.3 Å². The minimum atomic E-state index is -0.660. The summed E-state index contributed by atoms with van der Waals surface area (Å²) in [5.41, 5.74) is 6.67. The molecule has 0 radical (unpaired) electrons. The molecule has 21 heavy (non-hydrogen) atoms. The molecule has 1 atom stereocenters. The fourth-order valence-corrected chi connectivity index (χ4v) is 1.85. The predicted octanol–water partition coefficient (Wildman–Crippen LogP) is 2.94. The van der Waals surface area contributed by atoms with Crippen molar-refractivity contribution in [2.24, 2.45) is 5.73 Å². The van der Waals surface area contributed by atoms with E-state index in [1.807, 2.05) is 54.6 Å². The van der Waals surface area contributed by atoms with Crippen LogP contribution < -0.4 is 10.5 Å². The highest BCUT2D eigenvalue weighted by atomic mass is 35.5. The Morgan fingerprint density at radius 3 is 2.43 bits per heavy atom. The highest BCUT2D eigenvalue weighted by Gasteiger charge is 2.14. The molecule has 2 N–H and O–H groups in total. The van der Waals surface area contributed by atoms with Crippen LogP contribution in [0.25, 0.3) is 0 Å². The van der Waals surface area contributed by atoms with Gasteiger partial charge in [-0.1, -0.05) is 30.3 Å². The fourth-order valence-electron chi connectivity index (χ4n) is 1.85. The lowest BCUT2D eigenvalue weighted by molar-refractivity contribution is -0.142. The number of hydrogen-bond acceptors (Lipinski definition) is 4. The first-order chi connectivity index (χ1) is 9.69. The van der Waals surface area contributed by atoms with Crippen molar-refractivity contribution in [3.8, 4) is 11.5 Å². The molecule has 1 unspecified atom stereocenters. The molecule has 4 nitrogen and oxygen atoms in total. The van der Waals surface area contributed by atoms with Gasteiger partial charge in [0.05, 0.1) is 7.11 Å². The van der Waals surface area contributed by atoms with E-state index in [-0.39, 0.29) is 12.4 Å². The number of carbonyl (C=O) groups excluding carboxylic acids is 1. The van der Waals surface area contributed by atoms with Gasteiger partial charge in [0.15, 0.2) is 0 Å². The van der Waals surface area contributed by atoms with E-state index in [4.69, 9.17) is 10.5 Å². The topological polar surface area (TPSA) is 61.5 Å². The maximum absolute atomic E-state index is 11.3. The second-order valence-corrected chi connectivity index (χ2v) is 4.40. The van der Waals surface area contributed by atoms with E-state index in [2.05, 4.69) is 4.74 Å². The van der Waals surface area contributed by atoms with Crippen LogP contribution in [0, 0.1) is 0 Å². The summed E-state index contributed by atoms with van der Waals surface area (Å²) in [4.78, 5) is 11.3. The molecule has 0 bridgehead atoms. The zero-order valence-corrected chi connectivity index (χ0v) is 12.5. The highest BCUT2D eigenvalue weighted by Crippen LogP contribution is 2.22. The highest BCUT2D eigenvalue weighted by molar-refractivity contribution is 5.85. The molecule has 0 saturated heterocycles. The van der Waals surface area contributed by atoms with Crippen molar-refractivity contribution >= 4 is 18.4 Å². The van der Waals surface area contributed by atoms with E-state index in [1.165, 1.54) is 7.11 Å². The van der Waals surface area contributed by atoms with Crippen molar-refractivity contribution in [2.45, 2.75) is 12.5 Å². The van der Waals surface area contributed by atoms with Crippen molar-refractivity contribution in [1.82, 2.24) is 0 Å². The normalized spacial score (nSPS) is 11.1. The predicted molar refractivity (Wildman–Crippen MR) is 83.9 cm³/mol. The SMILES string of the molecule is COC(=O)C(N)Cc1cccc(Oc2ccccc2)c1.Cl. The monoisotopic (exact) mass is 307 g/mol. The first-order valence-electron chi connectivity index (χ1n) is 6.34. The quantitative estimate of drug-likeness (QED) is 0.863. The summed E-state index contributed by atoms with van der Waals surface area (Å²) < 4.78 is 10.3. The standard InChI is InChI=1S/C16H17NO3.ClH/c1-19-16(18)15(17)11-12-6-5-9-14(10-12)20-13-7-3-2-4-8-13;/h2-10,15H,11,17H2,1H3;1H. The van der Waals surface area contributed by atoms with Crippen molar-refractivity contribution in [2.75, 3.05) is 7.11 Å². The number of hydrogen-bond donors (Lipinski definition) is 1. The summed E-state index contributed by atoms with van der Waals surface area (Å²) >= 11 is 0. The van der Waals surface area contributed by atoms with Gasteiger partial charge in [-0.25, -0.2) is 0 Å². The molecule has 0 aliphatic rings. The Hall–Kier alpha value is -2.04. The Balaban J connectivity index is 0.00000220. The molecule has 0 heterocycles. The Morgan fingerprint density at radius 1 is 1.10 bits per heavy atom. The maximum Gasteiger partial charge on any atom is 0.322 e. The van der Waals surface area contributed by atoms with Crippen molar-refractivity contribution in [3.63, 3.8) is 0 Å². The number of methoxy groups -OCH3 is 1. The molecular weight excluding hydrogens is 290 g/mol. The second kappa shape index (κ2) is 8.29. The summed E-state index contributed by atoms with van der Waals surface area (Å²) in [5, 5.41) is 0. The summed E-state index contributed by atoms with van der Waals surface area (Å²) in [6.07, 6.45) is 0.415. The maximum atomic E-state index is 11.3. The molecule has 0 fully saturated rings. The number of carbonyl (C=O) groups is 1. The van der Waals surface area contributed by atoms with Crippen LogP contribution in [0.15, 0.2) is 54.6 Å². The van der Waals surface area contributed by atoms with Gasteiger partial charge in [-0.3, -0.25) is 4.79 Å². The average Bonchev–Trinajstić information content (AvgIpc) is 2.47. The number of esters is 1. The third kappa shape index (κ3) is 5.10. The Labute approximate surface area is 130 Å². The number of nitrogens with two attached hydrogens (primary N) is 1. The average molecular weight is 308 g/mol. The molecule has 0 amide bonds. The van der Waals surface area contributed by atoms with Crippen LogP contribution in [0.3, 0.4) is 0 Å². The van der Waals surface area contributed by atoms with Gasteiger partial charge in [0.25, 0.3) is 0 Å². The molecule has 2 rings (SSSR count). The first kappa shape index (κ1) is 17.0. The molecule has 2 aromatic rings. The largest absolute Gasteiger partial charge is 0.468 e. The minimum Gasteiger partial charge on any atom is -0.468 e. The third-order valence-electron chi connectivity index (χ3n) is 2.84. The number of halogens is 1. The van der Waals surface area contributed by atoms with Gasteiger partial charge in [-0.05, 0) is 36.2 Å².